The number of anilines is 3. The predicted molar refractivity (Wildman–Crippen MR) is 70.5 cm³/mol. The number of benzene rings is 1. The lowest BCUT2D eigenvalue weighted by atomic mass is 9.94. The maximum Gasteiger partial charge on any atom is 0.0568 e. The molecular weight excluding hydrogens is 198 g/mol. The molecule has 4 N–H and O–H groups in total. The van der Waals surface area contributed by atoms with Crippen LogP contribution in [-0.4, -0.2) is 12.6 Å². The van der Waals surface area contributed by atoms with E-state index in [1.54, 1.807) is 0 Å². The van der Waals surface area contributed by atoms with Crippen LogP contribution in [0.3, 0.4) is 0 Å². The molecular formula is C13H21N3. The van der Waals surface area contributed by atoms with Crippen LogP contribution in [0.25, 0.3) is 0 Å². The number of piperidine rings is 1. The molecule has 1 aliphatic rings. The van der Waals surface area contributed by atoms with Crippen LogP contribution >= 0.6 is 0 Å². The van der Waals surface area contributed by atoms with Gasteiger partial charge in [0.05, 0.1) is 11.4 Å². The van der Waals surface area contributed by atoms with Gasteiger partial charge in [0.2, 0.25) is 0 Å². The molecule has 1 fully saturated rings. The Balaban J connectivity index is 2.24. The SMILES string of the molecule is CC1CCC(C)N(c2ccc(N)c(N)c2)C1. The number of hydrogen-bond acceptors (Lipinski definition) is 3. The summed E-state index contributed by atoms with van der Waals surface area (Å²) >= 11 is 0. The molecule has 0 aliphatic carbocycles. The third kappa shape index (κ3) is 2.08. The Kier molecular flexibility index (Phi) is 2.95. The van der Waals surface area contributed by atoms with Crippen molar-refractivity contribution in [2.24, 2.45) is 5.92 Å². The number of nitrogens with zero attached hydrogens (tertiary/aromatic N) is 1. The summed E-state index contributed by atoms with van der Waals surface area (Å²) in [4.78, 5) is 2.43. The van der Waals surface area contributed by atoms with Crippen molar-refractivity contribution in [2.75, 3.05) is 22.9 Å². The van der Waals surface area contributed by atoms with E-state index in [1.807, 2.05) is 12.1 Å². The fourth-order valence-electron chi connectivity index (χ4n) is 2.39. The van der Waals surface area contributed by atoms with Crippen molar-refractivity contribution < 1.29 is 0 Å². The first-order chi connectivity index (χ1) is 7.58. The maximum absolute atomic E-state index is 5.86. The molecule has 1 aromatic carbocycles. The van der Waals surface area contributed by atoms with Crippen LogP contribution in [0.5, 0.6) is 0 Å². The highest BCUT2D eigenvalue weighted by Gasteiger charge is 2.23. The molecule has 0 spiro atoms. The van der Waals surface area contributed by atoms with Gasteiger partial charge in [-0.05, 0) is 43.9 Å². The van der Waals surface area contributed by atoms with Crippen LogP contribution in [0.1, 0.15) is 26.7 Å². The topological polar surface area (TPSA) is 55.3 Å². The molecule has 3 heteroatoms. The summed E-state index contributed by atoms with van der Waals surface area (Å²) in [5, 5.41) is 0. The van der Waals surface area contributed by atoms with Gasteiger partial charge in [0.15, 0.2) is 0 Å². The third-order valence-corrected chi connectivity index (χ3v) is 3.52. The predicted octanol–water partition coefficient (Wildman–Crippen LogP) is 2.48. The van der Waals surface area contributed by atoms with Gasteiger partial charge in [0, 0.05) is 18.3 Å². The van der Waals surface area contributed by atoms with E-state index in [2.05, 4.69) is 24.8 Å². The largest absolute Gasteiger partial charge is 0.397 e. The van der Waals surface area contributed by atoms with E-state index in [0.29, 0.717) is 17.4 Å². The lowest BCUT2D eigenvalue weighted by molar-refractivity contribution is 0.390. The Labute approximate surface area is 97.4 Å². The molecule has 0 bridgehead atoms. The third-order valence-electron chi connectivity index (χ3n) is 3.52. The highest BCUT2D eigenvalue weighted by Crippen LogP contribution is 2.30. The lowest BCUT2D eigenvalue weighted by Gasteiger charge is -2.38. The van der Waals surface area contributed by atoms with E-state index < -0.39 is 0 Å². The van der Waals surface area contributed by atoms with Crippen LogP contribution in [0.2, 0.25) is 0 Å². The smallest absolute Gasteiger partial charge is 0.0568 e. The molecule has 2 unspecified atom stereocenters. The fraction of sp³-hybridized carbons (Fsp3) is 0.538. The van der Waals surface area contributed by atoms with Gasteiger partial charge in [0.1, 0.15) is 0 Å². The van der Waals surface area contributed by atoms with E-state index in [0.717, 1.165) is 12.5 Å². The second-order valence-corrected chi connectivity index (χ2v) is 5.00. The van der Waals surface area contributed by atoms with Crippen molar-refractivity contribution in [2.45, 2.75) is 32.7 Å². The van der Waals surface area contributed by atoms with Crippen LogP contribution in [0.15, 0.2) is 18.2 Å². The van der Waals surface area contributed by atoms with E-state index in [9.17, 15) is 0 Å². The summed E-state index contributed by atoms with van der Waals surface area (Å²) in [6.45, 7) is 5.70. The number of nitrogens with two attached hydrogens (primary N) is 2. The first-order valence-electron chi connectivity index (χ1n) is 5.99. The summed E-state index contributed by atoms with van der Waals surface area (Å²) in [6.07, 6.45) is 2.58. The molecule has 16 heavy (non-hydrogen) atoms. The summed E-state index contributed by atoms with van der Waals surface area (Å²) < 4.78 is 0. The Morgan fingerprint density at radius 1 is 1.12 bits per heavy atom. The van der Waals surface area contributed by atoms with Gasteiger partial charge in [-0.25, -0.2) is 0 Å². The van der Waals surface area contributed by atoms with Crippen LogP contribution in [-0.2, 0) is 0 Å². The Morgan fingerprint density at radius 2 is 1.88 bits per heavy atom. The minimum absolute atomic E-state index is 0.597. The van der Waals surface area contributed by atoms with Crippen LogP contribution < -0.4 is 16.4 Å². The molecule has 1 aromatic rings. The number of hydrogen-bond donors (Lipinski definition) is 2. The molecule has 2 atom stereocenters. The van der Waals surface area contributed by atoms with Crippen molar-refractivity contribution in [3.05, 3.63) is 18.2 Å². The van der Waals surface area contributed by atoms with Gasteiger partial charge < -0.3 is 16.4 Å². The molecule has 0 amide bonds. The standard InChI is InChI=1S/C13H21N3/c1-9-3-4-10(2)16(8-9)11-5-6-12(14)13(15)7-11/h5-7,9-10H,3-4,8,14-15H2,1-2H3. The Bertz CT molecular complexity index is 375. The first kappa shape index (κ1) is 11.1. The second kappa shape index (κ2) is 4.24. The minimum Gasteiger partial charge on any atom is -0.397 e. The Morgan fingerprint density at radius 3 is 2.56 bits per heavy atom. The highest BCUT2D eigenvalue weighted by atomic mass is 15.2. The van der Waals surface area contributed by atoms with Crippen LogP contribution in [0.4, 0.5) is 17.1 Å². The van der Waals surface area contributed by atoms with Crippen LogP contribution in [0, 0.1) is 5.92 Å². The summed E-state index contributed by atoms with van der Waals surface area (Å²) in [5.74, 6) is 0.759. The average molecular weight is 219 g/mol. The van der Waals surface area contributed by atoms with Crippen molar-refractivity contribution in [3.8, 4) is 0 Å². The summed E-state index contributed by atoms with van der Waals surface area (Å²) in [7, 11) is 0. The van der Waals surface area contributed by atoms with Crippen molar-refractivity contribution in [1.29, 1.82) is 0 Å². The summed E-state index contributed by atoms with van der Waals surface area (Å²) in [5.41, 5.74) is 14.1. The highest BCUT2D eigenvalue weighted by molar-refractivity contribution is 5.70. The van der Waals surface area contributed by atoms with Crippen molar-refractivity contribution in [3.63, 3.8) is 0 Å². The maximum atomic E-state index is 5.86. The number of nitrogen functional groups attached to an aromatic ring is 2. The number of rotatable bonds is 1. The van der Waals surface area contributed by atoms with Gasteiger partial charge in [-0.1, -0.05) is 6.92 Å². The molecule has 2 rings (SSSR count). The molecule has 1 heterocycles. The zero-order valence-corrected chi connectivity index (χ0v) is 10.1. The van der Waals surface area contributed by atoms with Gasteiger partial charge in [-0.3, -0.25) is 0 Å². The molecule has 0 saturated carbocycles. The summed E-state index contributed by atoms with van der Waals surface area (Å²) in [6, 6.07) is 6.56. The normalized spacial score (nSPS) is 25.8. The quantitative estimate of drug-likeness (QED) is 0.713. The fourth-order valence-corrected chi connectivity index (χ4v) is 2.39. The van der Waals surface area contributed by atoms with E-state index >= 15 is 0 Å². The molecule has 3 nitrogen and oxygen atoms in total. The molecule has 88 valence electrons. The Hall–Kier alpha value is -1.38. The van der Waals surface area contributed by atoms with Gasteiger partial charge in [-0.2, -0.15) is 0 Å². The molecule has 1 aliphatic heterocycles. The first-order valence-corrected chi connectivity index (χ1v) is 5.99. The van der Waals surface area contributed by atoms with Crippen molar-refractivity contribution in [1.82, 2.24) is 0 Å². The average Bonchev–Trinajstić information content (AvgIpc) is 2.26. The lowest BCUT2D eigenvalue weighted by Crippen LogP contribution is -2.41. The molecule has 0 radical (unpaired) electrons. The van der Waals surface area contributed by atoms with E-state index in [4.69, 9.17) is 11.5 Å². The van der Waals surface area contributed by atoms with E-state index in [-0.39, 0.29) is 0 Å². The molecule has 1 saturated heterocycles. The second-order valence-electron chi connectivity index (χ2n) is 5.00. The minimum atomic E-state index is 0.597. The zero-order chi connectivity index (χ0) is 11.7. The van der Waals surface area contributed by atoms with Crippen molar-refractivity contribution >= 4 is 17.1 Å². The molecule has 0 aromatic heterocycles. The van der Waals surface area contributed by atoms with E-state index in [1.165, 1.54) is 18.5 Å². The van der Waals surface area contributed by atoms with Gasteiger partial charge in [0.25, 0.3) is 0 Å². The van der Waals surface area contributed by atoms with Gasteiger partial charge in [-0.15, -0.1) is 0 Å². The van der Waals surface area contributed by atoms with Gasteiger partial charge >= 0.3 is 0 Å². The monoisotopic (exact) mass is 219 g/mol. The zero-order valence-electron chi connectivity index (χ0n) is 10.1.